The average Bonchev–Trinajstić information content (AvgIpc) is 2.90. The summed E-state index contributed by atoms with van der Waals surface area (Å²) in [5.41, 5.74) is 3.78. The van der Waals surface area contributed by atoms with Crippen LogP contribution >= 0.6 is 0 Å². The van der Waals surface area contributed by atoms with E-state index < -0.39 is 0 Å². The maximum Gasteiger partial charge on any atom is 0.338 e. The average molecular weight is 336 g/mol. The number of pyridine rings is 1. The van der Waals surface area contributed by atoms with E-state index in [2.05, 4.69) is 15.2 Å². The van der Waals surface area contributed by atoms with Crippen molar-refractivity contribution in [3.05, 3.63) is 59.4 Å². The number of ether oxygens (including phenoxy) is 1. The van der Waals surface area contributed by atoms with Gasteiger partial charge in [-0.1, -0.05) is 12.1 Å². The van der Waals surface area contributed by atoms with Gasteiger partial charge in [0.05, 0.1) is 23.0 Å². The van der Waals surface area contributed by atoms with Gasteiger partial charge >= 0.3 is 5.97 Å². The van der Waals surface area contributed by atoms with E-state index in [0.717, 1.165) is 16.9 Å². The minimum atomic E-state index is -0.367. The molecule has 0 unspecified atom stereocenters. The number of nitrogens with zero attached hydrogens (tertiary/aromatic N) is 4. The molecule has 0 saturated heterocycles. The van der Waals surface area contributed by atoms with E-state index in [9.17, 15) is 4.79 Å². The summed E-state index contributed by atoms with van der Waals surface area (Å²) in [5.74, 6) is 0.308. The molecule has 0 aliphatic carbocycles. The molecule has 0 aliphatic rings. The number of benzene rings is 1. The lowest BCUT2D eigenvalue weighted by molar-refractivity contribution is 0.0378. The van der Waals surface area contributed by atoms with Gasteiger partial charge in [-0.15, -0.1) is 10.2 Å². The molecule has 0 atom stereocenters. The summed E-state index contributed by atoms with van der Waals surface area (Å²) >= 11 is 0. The molecule has 2 heterocycles. The molecule has 0 spiro atoms. The summed E-state index contributed by atoms with van der Waals surface area (Å²) in [6, 6.07) is 10.9. The van der Waals surface area contributed by atoms with Crippen LogP contribution in [0.1, 0.15) is 35.5 Å². The predicted octanol–water partition coefficient (Wildman–Crippen LogP) is 4.93. The van der Waals surface area contributed by atoms with Gasteiger partial charge in [0.25, 0.3) is 0 Å². The zero-order chi connectivity index (χ0) is 18.0. The molecule has 25 heavy (non-hydrogen) atoms. The number of imidazole rings is 1. The number of hydrogen-bond acceptors (Lipinski definition) is 5. The van der Waals surface area contributed by atoms with E-state index in [-0.39, 0.29) is 12.1 Å². The molecule has 3 rings (SSSR count). The summed E-state index contributed by atoms with van der Waals surface area (Å²) in [5, 5.41) is 8.61. The van der Waals surface area contributed by atoms with Crippen LogP contribution < -0.4 is 0 Å². The Morgan fingerprint density at radius 2 is 1.96 bits per heavy atom. The lowest BCUT2D eigenvalue weighted by Crippen LogP contribution is -2.11. The molecule has 0 radical (unpaired) electrons. The van der Waals surface area contributed by atoms with Crippen molar-refractivity contribution in [3.63, 3.8) is 0 Å². The highest BCUT2D eigenvalue weighted by Gasteiger charge is 2.11. The van der Waals surface area contributed by atoms with Crippen molar-refractivity contribution in [1.82, 2.24) is 9.38 Å². The van der Waals surface area contributed by atoms with E-state index in [4.69, 9.17) is 4.74 Å². The third kappa shape index (κ3) is 3.57. The van der Waals surface area contributed by atoms with Crippen LogP contribution in [0.2, 0.25) is 0 Å². The van der Waals surface area contributed by atoms with E-state index in [0.29, 0.717) is 17.1 Å². The number of carbonyl (C=O) groups is 1. The largest absolute Gasteiger partial charge is 0.459 e. The highest BCUT2D eigenvalue weighted by Crippen LogP contribution is 2.25. The normalized spacial score (nSPS) is 11.6. The molecule has 1 aromatic carbocycles. The second-order valence-corrected chi connectivity index (χ2v) is 6.11. The van der Waals surface area contributed by atoms with Crippen LogP contribution in [-0.2, 0) is 4.74 Å². The van der Waals surface area contributed by atoms with Gasteiger partial charge in [-0.25, -0.2) is 9.78 Å². The first kappa shape index (κ1) is 16.8. The van der Waals surface area contributed by atoms with Gasteiger partial charge in [0, 0.05) is 6.20 Å². The first-order valence-corrected chi connectivity index (χ1v) is 8.13. The maximum absolute atomic E-state index is 12.0. The lowest BCUT2D eigenvalue weighted by atomic mass is 10.2. The van der Waals surface area contributed by atoms with E-state index in [1.165, 1.54) is 0 Å². The number of hydrogen-bond donors (Lipinski definition) is 0. The van der Waals surface area contributed by atoms with E-state index in [1.54, 1.807) is 24.3 Å². The third-order valence-electron chi connectivity index (χ3n) is 3.67. The van der Waals surface area contributed by atoms with Crippen LogP contribution in [-0.4, -0.2) is 21.5 Å². The SMILES string of the molecule is Cc1nc2c(C)cccn2c1N=Nc1cccc(C(=O)OC(C)C)c1. The van der Waals surface area contributed by atoms with Crippen LogP contribution in [0.5, 0.6) is 0 Å². The van der Waals surface area contributed by atoms with Crippen LogP contribution in [0.15, 0.2) is 52.8 Å². The first-order chi connectivity index (χ1) is 12.0. The Morgan fingerprint density at radius 1 is 1.16 bits per heavy atom. The Bertz CT molecular complexity index is 957. The van der Waals surface area contributed by atoms with Crippen molar-refractivity contribution in [3.8, 4) is 0 Å². The number of rotatable bonds is 4. The van der Waals surface area contributed by atoms with Crippen molar-refractivity contribution in [1.29, 1.82) is 0 Å². The summed E-state index contributed by atoms with van der Waals surface area (Å²) in [6.45, 7) is 7.54. The number of azo groups is 1. The second kappa shape index (κ2) is 6.84. The molecule has 0 saturated carbocycles. The van der Waals surface area contributed by atoms with E-state index >= 15 is 0 Å². The van der Waals surface area contributed by atoms with Gasteiger partial charge in [-0.05, 0) is 57.5 Å². The Hall–Kier alpha value is -3.02. The fourth-order valence-corrected chi connectivity index (χ4v) is 2.51. The predicted molar refractivity (Wildman–Crippen MR) is 95.8 cm³/mol. The van der Waals surface area contributed by atoms with Gasteiger partial charge in [0.15, 0.2) is 5.82 Å². The smallest absolute Gasteiger partial charge is 0.338 e. The van der Waals surface area contributed by atoms with Gasteiger partial charge in [-0.3, -0.25) is 4.40 Å². The van der Waals surface area contributed by atoms with Crippen molar-refractivity contribution in [2.24, 2.45) is 10.2 Å². The molecule has 0 fully saturated rings. The zero-order valence-electron chi connectivity index (χ0n) is 14.7. The fraction of sp³-hybridized carbons (Fsp3) is 0.263. The quantitative estimate of drug-likeness (QED) is 0.501. The standard InChI is InChI=1S/C19H20N4O2/c1-12(2)25-19(24)15-8-5-9-16(11-15)21-22-18-14(4)20-17-13(3)7-6-10-23(17)18/h5-12H,1-4H3. The molecular weight excluding hydrogens is 316 g/mol. The van der Waals surface area contributed by atoms with Crippen LogP contribution in [0, 0.1) is 13.8 Å². The summed E-state index contributed by atoms with van der Waals surface area (Å²) in [6.07, 6.45) is 1.74. The Labute approximate surface area is 146 Å². The summed E-state index contributed by atoms with van der Waals surface area (Å²) in [4.78, 5) is 16.5. The van der Waals surface area contributed by atoms with Gasteiger partial charge in [0.1, 0.15) is 5.65 Å². The molecular formula is C19H20N4O2. The number of esters is 1. The number of aryl methyl sites for hydroxylation is 2. The van der Waals surface area contributed by atoms with Crippen molar-refractivity contribution >= 4 is 23.1 Å². The molecule has 6 nitrogen and oxygen atoms in total. The molecule has 0 amide bonds. The molecule has 0 N–H and O–H groups in total. The molecule has 0 aliphatic heterocycles. The monoisotopic (exact) mass is 336 g/mol. The third-order valence-corrected chi connectivity index (χ3v) is 3.67. The summed E-state index contributed by atoms with van der Waals surface area (Å²) in [7, 11) is 0. The lowest BCUT2D eigenvalue weighted by Gasteiger charge is -2.07. The second-order valence-electron chi connectivity index (χ2n) is 6.11. The number of fused-ring (bicyclic) bond motifs is 1. The Kier molecular flexibility index (Phi) is 4.61. The topological polar surface area (TPSA) is 68.3 Å². The molecule has 0 bridgehead atoms. The molecule has 2 aromatic heterocycles. The summed E-state index contributed by atoms with van der Waals surface area (Å²) < 4.78 is 7.11. The highest BCUT2D eigenvalue weighted by atomic mass is 16.5. The van der Waals surface area contributed by atoms with Crippen LogP contribution in [0.25, 0.3) is 5.65 Å². The first-order valence-electron chi connectivity index (χ1n) is 8.13. The minimum absolute atomic E-state index is 0.165. The number of aromatic nitrogens is 2. The highest BCUT2D eigenvalue weighted by molar-refractivity contribution is 5.90. The van der Waals surface area contributed by atoms with Crippen molar-refractivity contribution in [2.45, 2.75) is 33.8 Å². The van der Waals surface area contributed by atoms with Gasteiger partial charge in [0.2, 0.25) is 0 Å². The molecule has 3 aromatic rings. The number of carbonyl (C=O) groups excluding carboxylic acids is 1. The molecule has 6 heteroatoms. The zero-order valence-corrected chi connectivity index (χ0v) is 14.7. The van der Waals surface area contributed by atoms with E-state index in [1.807, 2.05) is 50.4 Å². The minimum Gasteiger partial charge on any atom is -0.459 e. The van der Waals surface area contributed by atoms with Crippen LogP contribution in [0.3, 0.4) is 0 Å². The van der Waals surface area contributed by atoms with Gasteiger partial charge < -0.3 is 4.74 Å². The fourth-order valence-electron chi connectivity index (χ4n) is 2.51. The Balaban J connectivity index is 1.92. The van der Waals surface area contributed by atoms with Gasteiger partial charge in [-0.2, -0.15) is 0 Å². The maximum atomic E-state index is 12.0. The van der Waals surface area contributed by atoms with Crippen LogP contribution in [0.4, 0.5) is 11.5 Å². The van der Waals surface area contributed by atoms with Crippen molar-refractivity contribution < 1.29 is 9.53 Å². The Morgan fingerprint density at radius 3 is 2.72 bits per heavy atom. The van der Waals surface area contributed by atoms with Crippen molar-refractivity contribution in [2.75, 3.05) is 0 Å². The molecule has 128 valence electrons.